The Balaban J connectivity index is 1.92. The molecule has 0 spiro atoms. The Morgan fingerprint density at radius 1 is 1.06 bits per heavy atom. The summed E-state index contributed by atoms with van der Waals surface area (Å²) in [6.07, 6.45) is 0.885. The topological polar surface area (TPSA) is 135 Å². The van der Waals surface area contributed by atoms with E-state index in [-0.39, 0.29) is 23.9 Å². The Kier molecular flexibility index (Phi) is 8.34. The van der Waals surface area contributed by atoms with Crippen molar-refractivity contribution in [1.82, 2.24) is 10.3 Å². The maximum Gasteiger partial charge on any atom is 0.251 e. The van der Waals surface area contributed by atoms with Gasteiger partial charge in [0, 0.05) is 41.8 Å². The Morgan fingerprint density at radius 3 is 2.38 bits per heavy atom. The maximum atomic E-state index is 12.4. The minimum atomic E-state index is -1.01. The largest absolute Gasteiger partial charge is 0.411 e. The highest BCUT2D eigenvalue weighted by Crippen LogP contribution is 2.32. The third kappa shape index (κ3) is 5.98. The maximum absolute atomic E-state index is 12.4. The van der Waals surface area contributed by atoms with Crippen LogP contribution in [0.2, 0.25) is 0 Å². The van der Waals surface area contributed by atoms with Crippen molar-refractivity contribution in [1.29, 1.82) is 0 Å². The number of aromatic amines is 1. The Hall–Kier alpha value is -3.75. The van der Waals surface area contributed by atoms with Crippen LogP contribution in [0, 0.1) is 13.8 Å². The summed E-state index contributed by atoms with van der Waals surface area (Å²) in [5, 5.41) is 34.3. The smallest absolute Gasteiger partial charge is 0.251 e. The predicted molar refractivity (Wildman–Crippen MR) is 130 cm³/mol. The van der Waals surface area contributed by atoms with E-state index >= 15 is 0 Å². The standard InChI is InChI=1S/C26H29N3O5/c1-16-5-3-4-6-22(16)23(12-24(29-34)20-11-17(2)25(32)27-13-20)18-7-9-19(10-8-18)26(33)28-14-21(31)15-30/h3-11,13,21,23,30-31,34H,12,14-15H2,1-2H3,(H,27,32)(H,28,33)/b29-24+/t21-,23?/m1/s1. The molecule has 0 saturated heterocycles. The number of rotatable bonds is 9. The molecule has 2 atom stereocenters. The van der Waals surface area contributed by atoms with Gasteiger partial charge in [0.2, 0.25) is 0 Å². The number of hydrogen-bond donors (Lipinski definition) is 5. The Bertz CT molecular complexity index is 1220. The molecule has 1 aromatic heterocycles. The number of aryl methyl sites for hydroxylation is 2. The van der Waals surface area contributed by atoms with Crippen molar-refractivity contribution in [2.45, 2.75) is 32.3 Å². The van der Waals surface area contributed by atoms with Crippen LogP contribution in [0.25, 0.3) is 0 Å². The summed E-state index contributed by atoms with van der Waals surface area (Å²) in [4.78, 5) is 26.8. The lowest BCUT2D eigenvalue weighted by molar-refractivity contribution is 0.0802. The number of aliphatic hydroxyl groups is 2. The van der Waals surface area contributed by atoms with Crippen LogP contribution in [0.4, 0.5) is 0 Å². The van der Waals surface area contributed by atoms with Crippen molar-refractivity contribution in [3.05, 3.63) is 105 Å². The number of benzene rings is 2. The van der Waals surface area contributed by atoms with E-state index in [0.717, 1.165) is 16.7 Å². The highest BCUT2D eigenvalue weighted by Gasteiger charge is 2.21. The van der Waals surface area contributed by atoms with E-state index in [1.165, 1.54) is 6.20 Å². The number of H-pyrrole nitrogens is 1. The quantitative estimate of drug-likeness (QED) is 0.189. The molecule has 34 heavy (non-hydrogen) atoms. The van der Waals surface area contributed by atoms with E-state index in [9.17, 15) is 19.9 Å². The van der Waals surface area contributed by atoms with Gasteiger partial charge in [0.25, 0.3) is 11.5 Å². The Morgan fingerprint density at radius 2 is 1.76 bits per heavy atom. The highest BCUT2D eigenvalue weighted by molar-refractivity contribution is 6.00. The third-order valence-electron chi connectivity index (χ3n) is 5.79. The molecule has 0 saturated carbocycles. The zero-order chi connectivity index (χ0) is 24.7. The van der Waals surface area contributed by atoms with E-state index in [0.29, 0.717) is 28.8 Å². The summed E-state index contributed by atoms with van der Waals surface area (Å²) >= 11 is 0. The molecule has 0 bridgehead atoms. The number of nitrogens with one attached hydrogen (secondary N) is 2. The average molecular weight is 464 g/mol. The number of pyridine rings is 1. The second-order valence-electron chi connectivity index (χ2n) is 8.23. The molecular weight excluding hydrogens is 434 g/mol. The minimum Gasteiger partial charge on any atom is -0.411 e. The van der Waals surface area contributed by atoms with E-state index in [1.807, 2.05) is 43.3 Å². The molecule has 0 fully saturated rings. The molecule has 0 aliphatic heterocycles. The summed E-state index contributed by atoms with van der Waals surface area (Å²) in [7, 11) is 0. The molecule has 8 nitrogen and oxygen atoms in total. The fourth-order valence-electron chi connectivity index (χ4n) is 3.80. The first-order chi connectivity index (χ1) is 16.3. The van der Waals surface area contributed by atoms with Crippen LogP contribution in [0.1, 0.15) is 50.5 Å². The molecule has 2 aromatic carbocycles. The number of hydrogen-bond acceptors (Lipinski definition) is 6. The second-order valence-corrected chi connectivity index (χ2v) is 8.23. The van der Waals surface area contributed by atoms with Crippen molar-refractivity contribution < 1.29 is 20.2 Å². The van der Waals surface area contributed by atoms with Gasteiger partial charge in [-0.2, -0.15) is 0 Å². The van der Waals surface area contributed by atoms with Crippen LogP contribution in [0.5, 0.6) is 0 Å². The second kappa shape index (κ2) is 11.4. The van der Waals surface area contributed by atoms with Crippen LogP contribution in [-0.2, 0) is 0 Å². The van der Waals surface area contributed by atoms with Gasteiger partial charge in [-0.3, -0.25) is 9.59 Å². The van der Waals surface area contributed by atoms with Crippen molar-refractivity contribution in [3.8, 4) is 0 Å². The van der Waals surface area contributed by atoms with Crippen molar-refractivity contribution >= 4 is 11.6 Å². The monoisotopic (exact) mass is 463 g/mol. The van der Waals surface area contributed by atoms with Crippen LogP contribution >= 0.6 is 0 Å². The van der Waals surface area contributed by atoms with Crippen LogP contribution in [-0.4, -0.2) is 51.3 Å². The van der Waals surface area contributed by atoms with E-state index in [2.05, 4.69) is 15.5 Å². The average Bonchev–Trinajstić information content (AvgIpc) is 2.85. The zero-order valence-corrected chi connectivity index (χ0v) is 19.2. The first-order valence-electron chi connectivity index (χ1n) is 11.0. The summed E-state index contributed by atoms with van der Waals surface area (Å²) in [5.74, 6) is -0.527. The van der Waals surface area contributed by atoms with Gasteiger partial charge >= 0.3 is 0 Å². The van der Waals surface area contributed by atoms with Gasteiger partial charge in [-0.05, 0) is 48.7 Å². The number of amides is 1. The van der Waals surface area contributed by atoms with Gasteiger partial charge in [0.1, 0.15) is 0 Å². The van der Waals surface area contributed by atoms with Gasteiger partial charge in [-0.15, -0.1) is 0 Å². The van der Waals surface area contributed by atoms with E-state index in [1.54, 1.807) is 25.1 Å². The lowest BCUT2D eigenvalue weighted by Gasteiger charge is -2.21. The summed E-state index contributed by atoms with van der Waals surface area (Å²) < 4.78 is 0. The SMILES string of the molecule is Cc1ccccc1C(C/C(=N\O)c1c[nH]c(=O)c(C)c1)c1ccc(C(=O)NC[C@@H](O)CO)cc1. The first kappa shape index (κ1) is 24.9. The summed E-state index contributed by atoms with van der Waals surface area (Å²) in [6, 6.07) is 16.7. The molecule has 178 valence electrons. The van der Waals surface area contributed by atoms with Crippen LogP contribution in [0.3, 0.4) is 0 Å². The number of nitrogens with zero attached hydrogens (tertiary/aromatic N) is 1. The van der Waals surface area contributed by atoms with Crippen LogP contribution in [0.15, 0.2) is 70.7 Å². The fraction of sp³-hybridized carbons (Fsp3) is 0.269. The Labute approximate surface area is 197 Å². The number of aromatic nitrogens is 1. The molecule has 0 radical (unpaired) electrons. The molecule has 5 N–H and O–H groups in total. The molecule has 8 heteroatoms. The van der Waals surface area contributed by atoms with E-state index < -0.39 is 12.7 Å². The third-order valence-corrected chi connectivity index (χ3v) is 5.79. The first-order valence-corrected chi connectivity index (χ1v) is 11.0. The molecule has 1 unspecified atom stereocenters. The van der Waals surface area contributed by atoms with Gasteiger partial charge < -0.3 is 25.7 Å². The predicted octanol–water partition coefficient (Wildman–Crippen LogP) is 2.48. The molecular formula is C26H29N3O5. The minimum absolute atomic E-state index is 0.0438. The number of oxime groups is 1. The van der Waals surface area contributed by atoms with Gasteiger partial charge in [0.05, 0.1) is 18.4 Å². The summed E-state index contributed by atoms with van der Waals surface area (Å²) in [6.45, 7) is 3.23. The molecule has 3 rings (SSSR count). The number of carbonyl (C=O) groups excluding carboxylic acids is 1. The fourth-order valence-corrected chi connectivity index (χ4v) is 3.80. The van der Waals surface area contributed by atoms with Gasteiger partial charge in [-0.1, -0.05) is 41.6 Å². The van der Waals surface area contributed by atoms with Crippen LogP contribution < -0.4 is 10.9 Å². The summed E-state index contributed by atoms with van der Waals surface area (Å²) in [5.41, 5.74) is 4.83. The lowest BCUT2D eigenvalue weighted by atomic mass is 9.83. The van der Waals surface area contributed by atoms with E-state index in [4.69, 9.17) is 5.11 Å². The molecule has 1 heterocycles. The normalized spacial score (nSPS) is 13.4. The van der Waals surface area contributed by atoms with Gasteiger partial charge in [0.15, 0.2) is 0 Å². The van der Waals surface area contributed by atoms with Gasteiger partial charge in [-0.25, -0.2) is 0 Å². The molecule has 1 amide bonds. The molecule has 0 aliphatic rings. The molecule has 3 aromatic rings. The van der Waals surface area contributed by atoms with Crippen molar-refractivity contribution in [3.63, 3.8) is 0 Å². The highest BCUT2D eigenvalue weighted by atomic mass is 16.4. The van der Waals surface area contributed by atoms with Crippen molar-refractivity contribution in [2.24, 2.45) is 5.16 Å². The zero-order valence-electron chi connectivity index (χ0n) is 19.2. The number of aliphatic hydroxyl groups excluding tert-OH is 2. The molecule has 0 aliphatic carbocycles. The lowest BCUT2D eigenvalue weighted by Crippen LogP contribution is -2.33. The number of carbonyl (C=O) groups is 1. The van der Waals surface area contributed by atoms with Crippen molar-refractivity contribution in [2.75, 3.05) is 13.2 Å².